The topological polar surface area (TPSA) is 96.0 Å². The summed E-state index contributed by atoms with van der Waals surface area (Å²) in [5, 5.41) is 3.70. The Kier molecular flexibility index (Phi) is 13.2. The summed E-state index contributed by atoms with van der Waals surface area (Å²) in [5.74, 6) is -0.173. The zero-order valence-electron chi connectivity index (χ0n) is 24.8. The molecule has 8 nitrogen and oxygen atoms in total. The van der Waals surface area contributed by atoms with E-state index in [-0.39, 0.29) is 44.2 Å². The Morgan fingerprint density at radius 3 is 2.21 bits per heavy atom. The highest BCUT2D eigenvalue weighted by Crippen LogP contribution is 2.31. The Morgan fingerprint density at radius 2 is 1.58 bits per heavy atom. The molecule has 0 saturated carbocycles. The molecule has 0 aliphatic carbocycles. The van der Waals surface area contributed by atoms with E-state index in [1.165, 1.54) is 9.21 Å². The highest BCUT2D eigenvalue weighted by Gasteiger charge is 2.31. The van der Waals surface area contributed by atoms with Crippen LogP contribution in [0.15, 0.2) is 72.8 Å². The van der Waals surface area contributed by atoms with E-state index in [4.69, 9.17) is 27.9 Å². The molecule has 3 aromatic rings. The van der Waals surface area contributed by atoms with E-state index in [1.54, 1.807) is 42.5 Å². The lowest BCUT2D eigenvalue weighted by atomic mass is 10.0. The van der Waals surface area contributed by atoms with E-state index in [0.717, 1.165) is 18.2 Å². The second-order valence-corrected chi connectivity index (χ2v) is 12.8. The molecule has 0 aromatic heterocycles. The number of amides is 2. The van der Waals surface area contributed by atoms with Gasteiger partial charge in [-0.15, -0.1) is 0 Å². The third-order valence-electron chi connectivity index (χ3n) is 6.80. The Morgan fingerprint density at radius 1 is 0.930 bits per heavy atom. The van der Waals surface area contributed by atoms with Crippen molar-refractivity contribution >= 4 is 50.7 Å². The molecule has 0 bridgehead atoms. The fourth-order valence-corrected chi connectivity index (χ4v) is 6.18. The summed E-state index contributed by atoms with van der Waals surface area (Å²) in [6, 6.07) is 20.6. The van der Waals surface area contributed by atoms with E-state index >= 15 is 0 Å². The summed E-state index contributed by atoms with van der Waals surface area (Å²) in [4.78, 5) is 29.0. The largest absolute Gasteiger partial charge is 0.492 e. The maximum Gasteiger partial charge on any atom is 0.243 e. The molecule has 1 N–H and O–H groups in total. The van der Waals surface area contributed by atoms with Crippen molar-refractivity contribution in [1.29, 1.82) is 0 Å². The Hall–Kier alpha value is -3.27. The van der Waals surface area contributed by atoms with Gasteiger partial charge >= 0.3 is 0 Å². The number of ether oxygens (including phenoxy) is 1. The molecule has 0 fully saturated rings. The Bertz CT molecular complexity index is 1450. The molecule has 0 heterocycles. The summed E-state index contributed by atoms with van der Waals surface area (Å²) in [6.07, 6.45) is 2.32. The van der Waals surface area contributed by atoms with E-state index < -0.39 is 16.1 Å². The average molecular weight is 649 g/mol. The van der Waals surface area contributed by atoms with Crippen LogP contribution in [-0.4, -0.2) is 57.1 Å². The maximum absolute atomic E-state index is 14.0. The molecule has 232 valence electrons. The quantitative estimate of drug-likeness (QED) is 0.203. The van der Waals surface area contributed by atoms with Gasteiger partial charge in [0.25, 0.3) is 0 Å². The first-order chi connectivity index (χ1) is 20.6. The smallest absolute Gasteiger partial charge is 0.243 e. The van der Waals surface area contributed by atoms with Gasteiger partial charge in [0.2, 0.25) is 21.8 Å². The summed E-state index contributed by atoms with van der Waals surface area (Å²) in [5.41, 5.74) is 1.82. The minimum absolute atomic E-state index is 0.0113. The van der Waals surface area contributed by atoms with Crippen LogP contribution < -0.4 is 14.4 Å². The average Bonchev–Trinajstić information content (AvgIpc) is 2.97. The lowest BCUT2D eigenvalue weighted by Gasteiger charge is -2.32. The first kappa shape index (κ1) is 34.2. The number of benzene rings is 3. The lowest BCUT2D eigenvalue weighted by Crippen LogP contribution is -2.50. The molecular weight excluding hydrogens is 609 g/mol. The molecule has 3 rings (SSSR count). The van der Waals surface area contributed by atoms with Gasteiger partial charge in [0, 0.05) is 48.1 Å². The normalized spacial score (nSPS) is 11.9. The predicted molar refractivity (Wildman–Crippen MR) is 173 cm³/mol. The van der Waals surface area contributed by atoms with Crippen molar-refractivity contribution in [3.05, 3.63) is 94.0 Å². The van der Waals surface area contributed by atoms with Gasteiger partial charge in [0.05, 0.1) is 18.6 Å². The number of hydrogen-bond acceptors (Lipinski definition) is 5. The van der Waals surface area contributed by atoms with E-state index in [1.807, 2.05) is 44.2 Å². The second kappa shape index (κ2) is 16.5. The zero-order valence-corrected chi connectivity index (χ0v) is 27.1. The van der Waals surface area contributed by atoms with E-state index in [2.05, 4.69) is 5.32 Å². The number of carbonyl (C=O) groups is 2. The van der Waals surface area contributed by atoms with E-state index in [9.17, 15) is 18.0 Å². The number of hydrogen-bond donors (Lipinski definition) is 1. The second-order valence-electron chi connectivity index (χ2n) is 10.1. The number of anilines is 1. The standard InChI is InChI=1S/C32H39Cl2N3O5S/c1-4-20-35-32(39)29(22-24-13-7-6-8-14-24)36(23-25-26(33)15-11-16-27(25)34)31(38)19-12-21-37(43(3,40)41)28-17-9-10-18-30(28)42-5-2/h6-11,13-18,29H,4-5,12,19-23H2,1-3H3,(H,35,39). The highest BCUT2D eigenvalue weighted by molar-refractivity contribution is 7.92. The Labute approximate surface area is 265 Å². The molecule has 2 amide bonds. The number of nitrogens with one attached hydrogen (secondary N) is 1. The first-order valence-electron chi connectivity index (χ1n) is 14.3. The number of halogens is 2. The fourth-order valence-electron chi connectivity index (χ4n) is 4.70. The number of nitrogens with zero attached hydrogens (tertiary/aromatic N) is 2. The lowest BCUT2D eigenvalue weighted by molar-refractivity contribution is -0.141. The molecule has 11 heteroatoms. The van der Waals surface area contributed by atoms with Crippen LogP contribution >= 0.6 is 23.2 Å². The summed E-state index contributed by atoms with van der Waals surface area (Å²) < 4.78 is 32.5. The van der Waals surface area contributed by atoms with Gasteiger partial charge in [0.1, 0.15) is 11.8 Å². The number of carbonyl (C=O) groups excluding carboxylic acids is 2. The fraction of sp³-hybridized carbons (Fsp3) is 0.375. The molecule has 1 unspecified atom stereocenters. The minimum Gasteiger partial charge on any atom is -0.492 e. The van der Waals surface area contributed by atoms with Crippen molar-refractivity contribution in [1.82, 2.24) is 10.2 Å². The molecule has 3 aromatic carbocycles. The van der Waals surface area contributed by atoms with Gasteiger partial charge in [-0.3, -0.25) is 13.9 Å². The molecule has 0 aliphatic heterocycles. The Balaban J connectivity index is 1.93. The van der Waals surface area contributed by atoms with Crippen molar-refractivity contribution in [3.8, 4) is 5.75 Å². The van der Waals surface area contributed by atoms with Crippen LogP contribution in [0.25, 0.3) is 0 Å². The highest BCUT2D eigenvalue weighted by atomic mass is 35.5. The maximum atomic E-state index is 14.0. The van der Waals surface area contributed by atoms with Crippen molar-refractivity contribution in [2.45, 2.75) is 52.1 Å². The van der Waals surface area contributed by atoms with Crippen molar-refractivity contribution < 1.29 is 22.7 Å². The van der Waals surface area contributed by atoms with Crippen molar-refractivity contribution in [2.24, 2.45) is 0 Å². The van der Waals surface area contributed by atoms with Gasteiger partial charge in [-0.2, -0.15) is 0 Å². The van der Waals surface area contributed by atoms with Crippen LogP contribution in [0.2, 0.25) is 10.0 Å². The molecular formula is C32H39Cl2N3O5S. The van der Waals surface area contributed by atoms with Crippen molar-refractivity contribution in [2.75, 3.05) is 30.3 Å². The third-order valence-corrected chi connectivity index (χ3v) is 8.68. The molecule has 0 aliphatic rings. The van der Waals surface area contributed by atoms with Crippen molar-refractivity contribution in [3.63, 3.8) is 0 Å². The van der Waals surface area contributed by atoms with Crippen LogP contribution in [0, 0.1) is 0 Å². The van der Waals surface area contributed by atoms with Gasteiger partial charge in [-0.05, 0) is 49.6 Å². The number of sulfonamides is 1. The van der Waals surface area contributed by atoms with Gasteiger partial charge in [-0.25, -0.2) is 8.42 Å². The predicted octanol–water partition coefficient (Wildman–Crippen LogP) is 6.10. The molecule has 0 saturated heterocycles. The summed E-state index contributed by atoms with van der Waals surface area (Å²) in [6.45, 7) is 4.66. The zero-order chi connectivity index (χ0) is 31.4. The molecule has 0 spiro atoms. The molecule has 1 atom stereocenters. The van der Waals surface area contributed by atoms with Gasteiger partial charge in [0.15, 0.2) is 0 Å². The minimum atomic E-state index is -3.69. The first-order valence-corrected chi connectivity index (χ1v) is 16.9. The monoisotopic (exact) mass is 647 g/mol. The van der Waals surface area contributed by atoms with Crippen LogP contribution in [-0.2, 0) is 32.6 Å². The van der Waals surface area contributed by atoms with E-state index in [0.29, 0.717) is 40.2 Å². The van der Waals surface area contributed by atoms with Crippen LogP contribution in [0.3, 0.4) is 0 Å². The number of para-hydroxylation sites is 2. The SMILES string of the molecule is CCCNC(=O)C(Cc1ccccc1)N(Cc1c(Cl)cccc1Cl)C(=O)CCCN(c1ccccc1OCC)S(C)(=O)=O. The summed E-state index contributed by atoms with van der Waals surface area (Å²) in [7, 11) is -3.69. The van der Waals surface area contributed by atoms with Crippen LogP contribution in [0.5, 0.6) is 5.75 Å². The van der Waals surface area contributed by atoms with Gasteiger partial charge in [-0.1, -0.05) is 78.7 Å². The number of rotatable bonds is 16. The molecule has 0 radical (unpaired) electrons. The van der Waals surface area contributed by atoms with Crippen LogP contribution in [0.1, 0.15) is 44.2 Å². The van der Waals surface area contributed by atoms with Crippen LogP contribution in [0.4, 0.5) is 5.69 Å². The molecule has 43 heavy (non-hydrogen) atoms. The third kappa shape index (κ3) is 9.88. The van der Waals surface area contributed by atoms with Gasteiger partial charge < -0.3 is 15.0 Å². The summed E-state index contributed by atoms with van der Waals surface area (Å²) >= 11 is 13.0.